The number of hydrogen-bond acceptors (Lipinski definition) is 3. The predicted octanol–water partition coefficient (Wildman–Crippen LogP) is 2.87. The third-order valence-electron chi connectivity index (χ3n) is 2.54. The smallest absolute Gasteiger partial charge is 0.272 e. The molecule has 1 atom stereocenters. The van der Waals surface area contributed by atoms with Gasteiger partial charge in [0.25, 0.3) is 5.69 Å². The average molecular weight is 220 g/mol. The Morgan fingerprint density at radius 2 is 2.31 bits per heavy atom. The first kappa shape index (κ1) is 12.4. The van der Waals surface area contributed by atoms with Gasteiger partial charge in [-0.1, -0.05) is 18.2 Å². The zero-order valence-corrected chi connectivity index (χ0v) is 9.35. The van der Waals surface area contributed by atoms with Crippen LogP contribution in [0.2, 0.25) is 0 Å². The van der Waals surface area contributed by atoms with E-state index < -0.39 is 0 Å². The summed E-state index contributed by atoms with van der Waals surface area (Å²) in [6.45, 7) is 5.34. The molecule has 0 saturated heterocycles. The third kappa shape index (κ3) is 2.90. The Labute approximate surface area is 94.9 Å². The fourth-order valence-corrected chi connectivity index (χ4v) is 1.52. The van der Waals surface area contributed by atoms with Gasteiger partial charge in [-0.05, 0) is 25.3 Å². The number of aryl methyl sites for hydroxylation is 1. The summed E-state index contributed by atoms with van der Waals surface area (Å²) in [6, 6.07) is 4.97. The molecule has 0 amide bonds. The molecule has 0 aliphatic heterocycles. The van der Waals surface area contributed by atoms with Crippen molar-refractivity contribution < 1.29 is 4.92 Å². The van der Waals surface area contributed by atoms with E-state index >= 15 is 0 Å². The van der Waals surface area contributed by atoms with E-state index in [0.29, 0.717) is 5.56 Å². The summed E-state index contributed by atoms with van der Waals surface area (Å²) >= 11 is 0. The topological polar surface area (TPSA) is 69.2 Å². The van der Waals surface area contributed by atoms with Crippen molar-refractivity contribution in [1.82, 2.24) is 0 Å². The van der Waals surface area contributed by atoms with Gasteiger partial charge in [-0.15, -0.1) is 6.58 Å². The summed E-state index contributed by atoms with van der Waals surface area (Å²) in [6.07, 6.45) is 3.36. The van der Waals surface area contributed by atoms with Crippen LogP contribution >= 0.6 is 0 Å². The zero-order chi connectivity index (χ0) is 12.1. The number of hydrogen-bond donors (Lipinski definition) is 1. The molecule has 0 aliphatic rings. The first-order valence-electron chi connectivity index (χ1n) is 5.17. The predicted molar refractivity (Wildman–Crippen MR) is 64.2 cm³/mol. The second kappa shape index (κ2) is 5.42. The van der Waals surface area contributed by atoms with E-state index in [4.69, 9.17) is 5.73 Å². The average Bonchev–Trinajstić information content (AvgIpc) is 2.26. The maximum absolute atomic E-state index is 10.8. The number of rotatable bonds is 5. The van der Waals surface area contributed by atoms with E-state index in [1.165, 1.54) is 0 Å². The van der Waals surface area contributed by atoms with Crippen molar-refractivity contribution in [3.63, 3.8) is 0 Å². The molecule has 4 heteroatoms. The van der Waals surface area contributed by atoms with Crippen LogP contribution in [0.4, 0.5) is 5.69 Å². The highest BCUT2D eigenvalue weighted by Crippen LogP contribution is 2.24. The van der Waals surface area contributed by atoms with Crippen molar-refractivity contribution in [3.8, 4) is 0 Å². The highest BCUT2D eigenvalue weighted by molar-refractivity contribution is 5.43. The molecule has 0 saturated carbocycles. The Morgan fingerprint density at radius 3 is 2.88 bits per heavy atom. The molecule has 0 heterocycles. The molecule has 0 aliphatic carbocycles. The highest BCUT2D eigenvalue weighted by atomic mass is 16.6. The Balaban J connectivity index is 2.93. The van der Waals surface area contributed by atoms with Crippen LogP contribution in [0.25, 0.3) is 0 Å². The van der Waals surface area contributed by atoms with Gasteiger partial charge in [-0.2, -0.15) is 0 Å². The quantitative estimate of drug-likeness (QED) is 0.471. The molecule has 0 unspecified atom stereocenters. The lowest BCUT2D eigenvalue weighted by atomic mass is 10.0. The molecular formula is C12H16N2O2. The van der Waals surface area contributed by atoms with Crippen LogP contribution in [0.1, 0.15) is 30.0 Å². The standard InChI is InChI=1S/C12H16N2O2/c1-3-4-5-11(13)10-7-6-9(2)12(8-10)14(15)16/h3,6-8,11H,1,4-5,13H2,2H3/t11-/m1/s1. The molecule has 1 aromatic rings. The molecule has 0 bridgehead atoms. The van der Waals surface area contributed by atoms with Gasteiger partial charge in [0.15, 0.2) is 0 Å². The first-order chi connectivity index (χ1) is 7.56. The van der Waals surface area contributed by atoms with Crippen molar-refractivity contribution >= 4 is 5.69 Å². The first-order valence-corrected chi connectivity index (χ1v) is 5.17. The highest BCUT2D eigenvalue weighted by Gasteiger charge is 2.13. The van der Waals surface area contributed by atoms with Gasteiger partial charge in [0.05, 0.1) is 4.92 Å². The van der Waals surface area contributed by atoms with E-state index in [0.717, 1.165) is 18.4 Å². The molecule has 1 rings (SSSR count). The zero-order valence-electron chi connectivity index (χ0n) is 9.35. The minimum Gasteiger partial charge on any atom is -0.324 e. The summed E-state index contributed by atoms with van der Waals surface area (Å²) in [4.78, 5) is 10.4. The number of benzene rings is 1. The van der Waals surface area contributed by atoms with Crippen LogP contribution in [0.15, 0.2) is 30.9 Å². The van der Waals surface area contributed by atoms with Gasteiger partial charge in [-0.25, -0.2) is 0 Å². The maximum Gasteiger partial charge on any atom is 0.272 e. The summed E-state index contributed by atoms with van der Waals surface area (Å²) in [5.74, 6) is 0. The maximum atomic E-state index is 10.8. The van der Waals surface area contributed by atoms with Crippen LogP contribution in [0.3, 0.4) is 0 Å². The molecule has 86 valence electrons. The van der Waals surface area contributed by atoms with E-state index in [-0.39, 0.29) is 16.7 Å². The van der Waals surface area contributed by atoms with Crippen molar-refractivity contribution in [2.24, 2.45) is 5.73 Å². The van der Waals surface area contributed by atoms with Crippen LogP contribution in [0, 0.1) is 17.0 Å². The van der Waals surface area contributed by atoms with Crippen molar-refractivity contribution in [2.45, 2.75) is 25.8 Å². The van der Waals surface area contributed by atoms with Gasteiger partial charge in [0, 0.05) is 17.7 Å². The Morgan fingerprint density at radius 1 is 1.62 bits per heavy atom. The van der Waals surface area contributed by atoms with Crippen LogP contribution < -0.4 is 5.73 Å². The Kier molecular flexibility index (Phi) is 4.19. The molecule has 0 radical (unpaired) electrons. The molecule has 0 aromatic heterocycles. The number of allylic oxidation sites excluding steroid dienone is 1. The fourth-order valence-electron chi connectivity index (χ4n) is 1.52. The summed E-state index contributed by atoms with van der Waals surface area (Å²) in [5, 5.41) is 10.8. The van der Waals surface area contributed by atoms with Gasteiger partial charge < -0.3 is 5.73 Å². The van der Waals surface area contributed by atoms with Gasteiger partial charge in [0.1, 0.15) is 0 Å². The van der Waals surface area contributed by atoms with Crippen molar-refractivity contribution in [3.05, 3.63) is 52.1 Å². The van der Waals surface area contributed by atoms with E-state index in [9.17, 15) is 10.1 Å². The number of nitro groups is 1. The molecule has 2 N–H and O–H groups in total. The van der Waals surface area contributed by atoms with Crippen LogP contribution in [-0.2, 0) is 0 Å². The minimum atomic E-state index is -0.376. The second-order valence-electron chi connectivity index (χ2n) is 3.78. The number of nitro benzene ring substituents is 1. The monoisotopic (exact) mass is 220 g/mol. The minimum absolute atomic E-state index is 0.131. The van der Waals surface area contributed by atoms with Gasteiger partial charge in [0.2, 0.25) is 0 Å². The lowest BCUT2D eigenvalue weighted by Gasteiger charge is -2.11. The van der Waals surface area contributed by atoms with Crippen LogP contribution in [0.5, 0.6) is 0 Å². The van der Waals surface area contributed by atoms with Gasteiger partial charge >= 0.3 is 0 Å². The van der Waals surface area contributed by atoms with Crippen LogP contribution in [-0.4, -0.2) is 4.92 Å². The molecule has 1 aromatic carbocycles. The third-order valence-corrected chi connectivity index (χ3v) is 2.54. The summed E-state index contributed by atoms with van der Waals surface area (Å²) < 4.78 is 0. The molecular weight excluding hydrogens is 204 g/mol. The van der Waals surface area contributed by atoms with E-state index in [2.05, 4.69) is 6.58 Å². The van der Waals surface area contributed by atoms with Crippen molar-refractivity contribution in [1.29, 1.82) is 0 Å². The largest absolute Gasteiger partial charge is 0.324 e. The molecule has 16 heavy (non-hydrogen) atoms. The SMILES string of the molecule is C=CCC[C@@H](N)c1ccc(C)c([N+](=O)[O-])c1. The fraction of sp³-hybridized carbons (Fsp3) is 0.333. The summed E-state index contributed by atoms with van der Waals surface area (Å²) in [7, 11) is 0. The van der Waals surface area contributed by atoms with Gasteiger partial charge in [-0.3, -0.25) is 10.1 Å². The lowest BCUT2D eigenvalue weighted by Crippen LogP contribution is -2.10. The van der Waals surface area contributed by atoms with E-state index in [1.54, 1.807) is 25.1 Å². The Hall–Kier alpha value is -1.68. The lowest BCUT2D eigenvalue weighted by molar-refractivity contribution is -0.385. The van der Waals surface area contributed by atoms with E-state index in [1.807, 2.05) is 6.07 Å². The molecule has 4 nitrogen and oxygen atoms in total. The van der Waals surface area contributed by atoms with Crippen molar-refractivity contribution in [2.75, 3.05) is 0 Å². The number of nitrogens with two attached hydrogens (primary N) is 1. The number of nitrogens with zero attached hydrogens (tertiary/aromatic N) is 1. The summed E-state index contributed by atoms with van der Waals surface area (Å²) in [5.41, 5.74) is 7.52. The second-order valence-corrected chi connectivity index (χ2v) is 3.78. The Bertz CT molecular complexity index is 402. The molecule has 0 fully saturated rings. The normalized spacial score (nSPS) is 12.1. The molecule has 0 spiro atoms.